The van der Waals surface area contributed by atoms with E-state index in [0.29, 0.717) is 6.54 Å². The number of amides is 1. The first-order valence-electron chi connectivity index (χ1n) is 6.15. The Morgan fingerprint density at radius 2 is 1.81 bits per heavy atom. The molecule has 0 saturated carbocycles. The average Bonchev–Trinajstić information content (AvgIpc) is 2.22. The van der Waals surface area contributed by atoms with E-state index in [2.05, 4.69) is 12.2 Å². The van der Waals surface area contributed by atoms with Crippen LogP contribution in [-0.4, -0.2) is 48.7 Å². The molecular weight excluding hydrogens is 204 g/mol. The van der Waals surface area contributed by atoms with Gasteiger partial charge >= 0.3 is 0 Å². The van der Waals surface area contributed by atoms with E-state index in [-0.39, 0.29) is 11.9 Å². The summed E-state index contributed by atoms with van der Waals surface area (Å²) in [6, 6.07) is -0.0844. The highest BCUT2D eigenvalue weighted by Crippen LogP contribution is 2.03. The summed E-state index contributed by atoms with van der Waals surface area (Å²) >= 11 is 0. The van der Waals surface area contributed by atoms with Crippen LogP contribution in [0.5, 0.6) is 0 Å². The second-order valence-corrected chi connectivity index (χ2v) is 4.46. The quantitative estimate of drug-likeness (QED) is 0.654. The van der Waals surface area contributed by atoms with Crippen molar-refractivity contribution in [2.45, 2.75) is 51.7 Å². The Hall–Kier alpha value is -0.610. The Kier molecular flexibility index (Phi) is 8.21. The third-order valence-electron chi connectivity index (χ3n) is 2.62. The lowest BCUT2D eigenvalue weighted by Gasteiger charge is -2.23. The van der Waals surface area contributed by atoms with Crippen LogP contribution >= 0.6 is 0 Å². The number of aliphatic hydroxyl groups excluding tert-OH is 1. The minimum absolute atomic E-state index is 0.0157. The van der Waals surface area contributed by atoms with Gasteiger partial charge in [-0.05, 0) is 26.9 Å². The normalized spacial score (nSPS) is 14.9. The summed E-state index contributed by atoms with van der Waals surface area (Å²) in [5.74, 6) is 0.0157. The zero-order valence-corrected chi connectivity index (χ0v) is 11.0. The second-order valence-electron chi connectivity index (χ2n) is 4.46. The monoisotopic (exact) mass is 230 g/mol. The second kappa shape index (κ2) is 8.53. The predicted molar refractivity (Wildman–Crippen MR) is 66.3 cm³/mol. The van der Waals surface area contributed by atoms with Gasteiger partial charge in [-0.1, -0.05) is 26.7 Å². The van der Waals surface area contributed by atoms with Gasteiger partial charge in [-0.2, -0.15) is 0 Å². The van der Waals surface area contributed by atoms with Crippen molar-refractivity contribution in [2.24, 2.45) is 0 Å². The molecule has 0 bridgehead atoms. The van der Waals surface area contributed by atoms with E-state index in [4.69, 9.17) is 0 Å². The Labute approximate surface area is 99.0 Å². The molecule has 0 saturated heterocycles. The molecule has 1 amide bonds. The molecule has 0 radical (unpaired) electrons. The van der Waals surface area contributed by atoms with E-state index in [1.54, 1.807) is 0 Å². The number of aliphatic hydroxyl groups is 1. The molecule has 0 rings (SSSR count). The van der Waals surface area contributed by atoms with E-state index in [1.807, 2.05) is 25.9 Å². The van der Waals surface area contributed by atoms with Crippen LogP contribution in [-0.2, 0) is 4.79 Å². The van der Waals surface area contributed by atoms with Crippen LogP contribution in [0.1, 0.15) is 39.5 Å². The van der Waals surface area contributed by atoms with Crippen molar-refractivity contribution >= 4 is 5.91 Å². The number of hydrogen-bond donors (Lipinski definition) is 2. The Balaban J connectivity index is 4.00. The van der Waals surface area contributed by atoms with Gasteiger partial charge in [0.25, 0.3) is 0 Å². The highest BCUT2D eigenvalue weighted by Gasteiger charge is 2.19. The summed E-state index contributed by atoms with van der Waals surface area (Å²) in [6.45, 7) is 4.45. The first-order chi connectivity index (χ1) is 7.52. The number of carbonyl (C=O) groups excluding carboxylic acids is 1. The standard InChI is InChI=1S/C12H26N2O2/c1-5-7-10(15)9-13-12(16)11(8-6-2)14(3)4/h10-11,15H,5-9H2,1-4H3,(H,13,16). The van der Waals surface area contributed by atoms with Crippen molar-refractivity contribution in [2.75, 3.05) is 20.6 Å². The van der Waals surface area contributed by atoms with Gasteiger partial charge in [-0.3, -0.25) is 9.69 Å². The van der Waals surface area contributed by atoms with Crippen molar-refractivity contribution in [3.63, 3.8) is 0 Å². The van der Waals surface area contributed by atoms with Crippen LogP contribution in [0.15, 0.2) is 0 Å². The number of nitrogens with zero attached hydrogens (tertiary/aromatic N) is 1. The molecule has 4 nitrogen and oxygen atoms in total. The van der Waals surface area contributed by atoms with Crippen molar-refractivity contribution in [3.8, 4) is 0 Å². The zero-order chi connectivity index (χ0) is 12.6. The molecule has 2 unspecified atom stereocenters. The van der Waals surface area contributed by atoms with Crippen LogP contribution in [0.25, 0.3) is 0 Å². The molecule has 16 heavy (non-hydrogen) atoms. The molecule has 0 spiro atoms. The summed E-state index contributed by atoms with van der Waals surface area (Å²) in [5, 5.41) is 12.3. The lowest BCUT2D eigenvalue weighted by Crippen LogP contribution is -2.45. The lowest BCUT2D eigenvalue weighted by atomic mass is 10.1. The third-order valence-corrected chi connectivity index (χ3v) is 2.62. The third kappa shape index (κ3) is 6.08. The average molecular weight is 230 g/mol. The molecule has 0 aliphatic rings. The highest BCUT2D eigenvalue weighted by molar-refractivity contribution is 5.81. The minimum Gasteiger partial charge on any atom is -0.391 e. The summed E-state index contributed by atoms with van der Waals surface area (Å²) in [4.78, 5) is 13.7. The van der Waals surface area contributed by atoms with Gasteiger partial charge in [0, 0.05) is 6.54 Å². The van der Waals surface area contributed by atoms with Gasteiger partial charge < -0.3 is 10.4 Å². The van der Waals surface area contributed by atoms with Gasteiger partial charge in [-0.15, -0.1) is 0 Å². The molecule has 0 fully saturated rings. The number of rotatable bonds is 8. The molecule has 0 aromatic heterocycles. The Morgan fingerprint density at radius 3 is 2.25 bits per heavy atom. The molecule has 0 heterocycles. The van der Waals surface area contributed by atoms with Crippen molar-refractivity contribution in [3.05, 3.63) is 0 Å². The van der Waals surface area contributed by atoms with Gasteiger partial charge in [0.05, 0.1) is 12.1 Å². The molecule has 2 N–H and O–H groups in total. The maximum absolute atomic E-state index is 11.8. The Morgan fingerprint density at radius 1 is 1.25 bits per heavy atom. The smallest absolute Gasteiger partial charge is 0.237 e. The molecule has 0 aliphatic carbocycles. The number of likely N-dealkylation sites (N-methyl/N-ethyl adjacent to an activating group) is 1. The van der Waals surface area contributed by atoms with E-state index in [9.17, 15) is 9.90 Å². The van der Waals surface area contributed by atoms with Crippen LogP contribution in [0.2, 0.25) is 0 Å². The van der Waals surface area contributed by atoms with Gasteiger partial charge in [0.1, 0.15) is 0 Å². The molecule has 0 aliphatic heterocycles. The van der Waals surface area contributed by atoms with E-state index >= 15 is 0 Å². The van der Waals surface area contributed by atoms with Gasteiger partial charge in [0.15, 0.2) is 0 Å². The predicted octanol–water partition coefficient (Wildman–Crippen LogP) is 0.994. The number of hydrogen-bond acceptors (Lipinski definition) is 3. The first-order valence-corrected chi connectivity index (χ1v) is 6.15. The molecule has 0 aromatic carbocycles. The molecule has 96 valence electrons. The SMILES string of the molecule is CCCC(O)CNC(=O)C(CCC)N(C)C. The maximum atomic E-state index is 11.8. The van der Waals surface area contributed by atoms with Crippen LogP contribution in [0, 0.1) is 0 Å². The largest absolute Gasteiger partial charge is 0.391 e. The molecule has 4 heteroatoms. The molecular formula is C12H26N2O2. The summed E-state index contributed by atoms with van der Waals surface area (Å²) in [6.07, 6.45) is 3.08. The Bertz CT molecular complexity index is 195. The van der Waals surface area contributed by atoms with E-state index in [1.165, 1.54) is 0 Å². The van der Waals surface area contributed by atoms with Gasteiger partial charge in [0.2, 0.25) is 5.91 Å². The van der Waals surface area contributed by atoms with Crippen molar-refractivity contribution in [1.29, 1.82) is 0 Å². The fraction of sp³-hybridized carbons (Fsp3) is 0.917. The molecule has 0 aromatic rings. The fourth-order valence-corrected chi connectivity index (χ4v) is 1.67. The molecule has 2 atom stereocenters. The van der Waals surface area contributed by atoms with Crippen LogP contribution in [0.3, 0.4) is 0 Å². The van der Waals surface area contributed by atoms with Crippen molar-refractivity contribution < 1.29 is 9.90 Å². The lowest BCUT2D eigenvalue weighted by molar-refractivity contribution is -0.126. The fourth-order valence-electron chi connectivity index (χ4n) is 1.67. The van der Waals surface area contributed by atoms with Crippen LogP contribution < -0.4 is 5.32 Å². The number of carbonyl (C=O) groups is 1. The number of nitrogens with one attached hydrogen (secondary N) is 1. The topological polar surface area (TPSA) is 52.6 Å². The summed E-state index contributed by atoms with van der Waals surface area (Å²) in [5.41, 5.74) is 0. The summed E-state index contributed by atoms with van der Waals surface area (Å²) in [7, 11) is 3.81. The van der Waals surface area contributed by atoms with Crippen LogP contribution in [0.4, 0.5) is 0 Å². The van der Waals surface area contributed by atoms with Crippen molar-refractivity contribution in [1.82, 2.24) is 10.2 Å². The summed E-state index contributed by atoms with van der Waals surface area (Å²) < 4.78 is 0. The first kappa shape index (κ1) is 15.4. The minimum atomic E-state index is -0.418. The van der Waals surface area contributed by atoms with E-state index in [0.717, 1.165) is 25.7 Å². The van der Waals surface area contributed by atoms with E-state index < -0.39 is 6.10 Å². The van der Waals surface area contributed by atoms with Gasteiger partial charge in [-0.25, -0.2) is 0 Å². The zero-order valence-electron chi connectivity index (χ0n) is 11.0. The maximum Gasteiger partial charge on any atom is 0.237 e. The highest BCUT2D eigenvalue weighted by atomic mass is 16.3.